The first kappa shape index (κ1) is 20.6. The van der Waals surface area contributed by atoms with Crippen LogP contribution < -0.4 is 4.74 Å². The molecular weight excluding hydrogens is 360 g/mol. The molecule has 3 rings (SSSR count). The number of nitrogens with zero attached hydrogens (tertiary/aromatic N) is 2. The van der Waals surface area contributed by atoms with E-state index in [0.29, 0.717) is 26.1 Å². The summed E-state index contributed by atoms with van der Waals surface area (Å²) in [6.45, 7) is 7.62. The molecule has 1 amide bonds. The van der Waals surface area contributed by atoms with E-state index in [-0.39, 0.29) is 5.91 Å². The zero-order chi connectivity index (χ0) is 20.6. The van der Waals surface area contributed by atoms with Gasteiger partial charge in [-0.1, -0.05) is 48.0 Å². The molecule has 0 saturated heterocycles. The summed E-state index contributed by atoms with van der Waals surface area (Å²) in [6, 6.07) is 18.2. The number of carbonyl (C=O) groups excluding carboxylic acids is 1. The molecule has 3 aromatic rings. The molecule has 0 aliphatic carbocycles. The molecule has 2 aromatic carbocycles. The highest BCUT2D eigenvalue weighted by molar-refractivity contribution is 5.76. The molecule has 0 atom stereocenters. The zero-order valence-corrected chi connectivity index (χ0v) is 17.4. The molecule has 0 aliphatic rings. The molecule has 4 heteroatoms. The van der Waals surface area contributed by atoms with Crippen molar-refractivity contribution in [3.05, 3.63) is 94.8 Å². The maximum Gasteiger partial charge on any atom is 0.226 e. The van der Waals surface area contributed by atoms with Crippen LogP contribution in [0.2, 0.25) is 0 Å². The van der Waals surface area contributed by atoms with Gasteiger partial charge in [0.1, 0.15) is 5.75 Å². The van der Waals surface area contributed by atoms with Gasteiger partial charge in [0.2, 0.25) is 5.91 Å². The number of aromatic nitrogens is 1. The van der Waals surface area contributed by atoms with Crippen LogP contribution in [0.25, 0.3) is 0 Å². The summed E-state index contributed by atoms with van der Waals surface area (Å²) in [5, 5.41) is 0. The second-order valence-electron chi connectivity index (χ2n) is 7.40. The van der Waals surface area contributed by atoms with Gasteiger partial charge < -0.3 is 9.64 Å². The molecule has 0 unspecified atom stereocenters. The van der Waals surface area contributed by atoms with E-state index in [1.807, 2.05) is 54.4 Å². The minimum absolute atomic E-state index is 0.0712. The Bertz CT molecular complexity index is 954. The molecule has 0 bridgehead atoms. The largest absolute Gasteiger partial charge is 0.493 e. The fourth-order valence-corrected chi connectivity index (χ4v) is 3.31. The molecule has 1 heterocycles. The molecule has 150 valence electrons. The average Bonchev–Trinajstić information content (AvgIpc) is 2.71. The Balaban J connectivity index is 1.67. The number of benzene rings is 2. The average molecular weight is 389 g/mol. The lowest BCUT2D eigenvalue weighted by atomic mass is 10.1. The summed E-state index contributed by atoms with van der Waals surface area (Å²) in [6.07, 6.45) is 3.89. The van der Waals surface area contributed by atoms with Crippen LogP contribution in [0.4, 0.5) is 0 Å². The van der Waals surface area contributed by atoms with E-state index in [0.717, 1.165) is 22.4 Å². The summed E-state index contributed by atoms with van der Waals surface area (Å²) in [5.74, 6) is 0.906. The fraction of sp³-hybridized carbons (Fsp3) is 0.280. The number of aryl methyl sites for hydroxylation is 3. The Morgan fingerprint density at radius 2 is 1.79 bits per heavy atom. The van der Waals surface area contributed by atoms with Crippen LogP contribution in [0.3, 0.4) is 0 Å². The molecule has 29 heavy (non-hydrogen) atoms. The van der Waals surface area contributed by atoms with Crippen LogP contribution in [0.1, 0.15) is 34.2 Å². The highest BCUT2D eigenvalue weighted by Crippen LogP contribution is 2.19. The third-order valence-electron chi connectivity index (χ3n) is 4.98. The third-order valence-corrected chi connectivity index (χ3v) is 4.98. The standard InChI is InChI=1S/C25H28N2O2/c1-19-10-11-24(21(3)15-19)29-14-12-25(28)27(17-22-8-6-13-26-16-22)18-23-9-5-4-7-20(23)2/h4-11,13,15-16H,12,14,17-18H2,1-3H3. The van der Waals surface area contributed by atoms with Gasteiger partial charge in [-0.3, -0.25) is 9.78 Å². The van der Waals surface area contributed by atoms with E-state index in [1.54, 1.807) is 6.20 Å². The predicted octanol–water partition coefficient (Wildman–Crippen LogP) is 5.00. The van der Waals surface area contributed by atoms with Crippen molar-refractivity contribution in [1.29, 1.82) is 0 Å². The SMILES string of the molecule is Cc1ccc(OCCC(=O)N(Cc2cccnc2)Cc2ccccc2C)c(C)c1. The molecule has 0 aliphatic heterocycles. The number of carbonyl (C=O) groups is 1. The number of amides is 1. The predicted molar refractivity (Wildman–Crippen MR) is 116 cm³/mol. The van der Waals surface area contributed by atoms with Gasteiger partial charge in [0.05, 0.1) is 13.0 Å². The van der Waals surface area contributed by atoms with Gasteiger partial charge in [-0.05, 0) is 55.2 Å². The van der Waals surface area contributed by atoms with Gasteiger partial charge in [0, 0.05) is 25.5 Å². The maximum atomic E-state index is 13.0. The van der Waals surface area contributed by atoms with E-state index in [1.165, 1.54) is 11.1 Å². The van der Waals surface area contributed by atoms with Crippen LogP contribution in [0, 0.1) is 20.8 Å². The van der Waals surface area contributed by atoms with E-state index >= 15 is 0 Å². The number of rotatable bonds is 8. The molecule has 0 fully saturated rings. The lowest BCUT2D eigenvalue weighted by molar-refractivity contribution is -0.133. The van der Waals surface area contributed by atoms with E-state index in [9.17, 15) is 4.79 Å². The Hall–Kier alpha value is -3.14. The van der Waals surface area contributed by atoms with Crippen molar-refractivity contribution in [2.75, 3.05) is 6.61 Å². The van der Waals surface area contributed by atoms with Crippen LogP contribution in [0.15, 0.2) is 67.0 Å². The lowest BCUT2D eigenvalue weighted by Crippen LogP contribution is -2.31. The van der Waals surface area contributed by atoms with Gasteiger partial charge in [-0.2, -0.15) is 0 Å². The highest BCUT2D eigenvalue weighted by atomic mass is 16.5. The van der Waals surface area contributed by atoms with Gasteiger partial charge in [0.25, 0.3) is 0 Å². The van der Waals surface area contributed by atoms with Crippen molar-refractivity contribution in [1.82, 2.24) is 9.88 Å². The van der Waals surface area contributed by atoms with E-state index in [2.05, 4.69) is 37.0 Å². The highest BCUT2D eigenvalue weighted by Gasteiger charge is 2.16. The fourth-order valence-electron chi connectivity index (χ4n) is 3.31. The van der Waals surface area contributed by atoms with Crippen molar-refractivity contribution < 1.29 is 9.53 Å². The molecule has 0 N–H and O–H groups in total. The Morgan fingerprint density at radius 1 is 0.966 bits per heavy atom. The van der Waals surface area contributed by atoms with Crippen molar-refractivity contribution in [2.24, 2.45) is 0 Å². The van der Waals surface area contributed by atoms with Gasteiger partial charge in [0.15, 0.2) is 0 Å². The normalized spacial score (nSPS) is 10.6. The van der Waals surface area contributed by atoms with Gasteiger partial charge in [-0.25, -0.2) is 0 Å². The minimum Gasteiger partial charge on any atom is -0.493 e. The monoisotopic (exact) mass is 388 g/mol. The Kier molecular flexibility index (Phi) is 7.01. The van der Waals surface area contributed by atoms with Crippen molar-refractivity contribution in [2.45, 2.75) is 40.3 Å². The quantitative estimate of drug-likeness (QED) is 0.545. The molecule has 1 aromatic heterocycles. The summed E-state index contributed by atoms with van der Waals surface area (Å²) < 4.78 is 5.88. The summed E-state index contributed by atoms with van der Waals surface area (Å²) in [5.41, 5.74) is 5.64. The first-order valence-corrected chi connectivity index (χ1v) is 9.94. The summed E-state index contributed by atoms with van der Waals surface area (Å²) >= 11 is 0. The second kappa shape index (κ2) is 9.87. The summed E-state index contributed by atoms with van der Waals surface area (Å²) in [7, 11) is 0. The topological polar surface area (TPSA) is 42.4 Å². The molecule has 0 radical (unpaired) electrons. The first-order chi connectivity index (χ1) is 14.0. The van der Waals surface area contributed by atoms with Crippen LogP contribution in [-0.2, 0) is 17.9 Å². The Morgan fingerprint density at radius 3 is 2.52 bits per heavy atom. The molecule has 4 nitrogen and oxygen atoms in total. The lowest BCUT2D eigenvalue weighted by Gasteiger charge is -2.24. The number of hydrogen-bond donors (Lipinski definition) is 0. The maximum absolute atomic E-state index is 13.0. The molecular formula is C25H28N2O2. The first-order valence-electron chi connectivity index (χ1n) is 9.94. The number of ether oxygens (including phenoxy) is 1. The van der Waals surface area contributed by atoms with E-state index in [4.69, 9.17) is 4.74 Å². The smallest absolute Gasteiger partial charge is 0.226 e. The van der Waals surface area contributed by atoms with Crippen molar-refractivity contribution in [3.8, 4) is 5.75 Å². The molecule has 0 saturated carbocycles. The van der Waals surface area contributed by atoms with Gasteiger partial charge in [-0.15, -0.1) is 0 Å². The zero-order valence-electron chi connectivity index (χ0n) is 17.4. The Labute approximate surface area is 173 Å². The van der Waals surface area contributed by atoms with Crippen molar-refractivity contribution in [3.63, 3.8) is 0 Å². The van der Waals surface area contributed by atoms with E-state index < -0.39 is 0 Å². The van der Waals surface area contributed by atoms with Crippen LogP contribution in [0.5, 0.6) is 5.75 Å². The number of hydrogen-bond acceptors (Lipinski definition) is 3. The minimum atomic E-state index is 0.0712. The summed E-state index contributed by atoms with van der Waals surface area (Å²) in [4.78, 5) is 19.1. The van der Waals surface area contributed by atoms with Crippen molar-refractivity contribution >= 4 is 5.91 Å². The third kappa shape index (κ3) is 5.92. The van der Waals surface area contributed by atoms with Gasteiger partial charge >= 0.3 is 0 Å². The number of pyridine rings is 1. The second-order valence-corrected chi connectivity index (χ2v) is 7.40. The molecule has 0 spiro atoms. The van der Waals surface area contributed by atoms with Crippen LogP contribution >= 0.6 is 0 Å². The van der Waals surface area contributed by atoms with Crippen LogP contribution in [-0.4, -0.2) is 22.4 Å².